The lowest BCUT2D eigenvalue weighted by Crippen LogP contribution is -2.12. The van der Waals surface area contributed by atoms with Gasteiger partial charge in [-0.25, -0.2) is 0 Å². The highest BCUT2D eigenvalue weighted by Gasteiger charge is 2.07. The number of aliphatic carboxylic acids is 1. The number of rotatable bonds is 4. The lowest BCUT2D eigenvalue weighted by molar-refractivity contribution is -0.134. The van der Waals surface area contributed by atoms with Crippen LogP contribution in [0, 0.1) is 6.92 Å². The molecule has 0 amide bonds. The molecule has 0 saturated carbocycles. The Morgan fingerprint density at radius 1 is 1.71 bits per heavy atom. The van der Waals surface area contributed by atoms with Crippen LogP contribution in [0.5, 0.6) is 0 Å². The minimum atomic E-state index is -0.873. The molecule has 5 nitrogen and oxygen atoms in total. The second-order valence-electron chi connectivity index (χ2n) is 3.45. The quantitative estimate of drug-likeness (QED) is 0.762. The number of carboxylic acid groups (broad SMARTS) is 1. The van der Waals surface area contributed by atoms with E-state index in [1.165, 1.54) is 0 Å². The van der Waals surface area contributed by atoms with Crippen LogP contribution in [0.15, 0.2) is 6.20 Å². The zero-order chi connectivity index (χ0) is 10.7. The Bertz CT molecular complexity index is 331. The molecule has 2 N–H and O–H groups in total. The molecule has 1 aromatic rings. The molecule has 1 aromatic heterocycles. The van der Waals surface area contributed by atoms with Gasteiger partial charge in [-0.3, -0.25) is 9.48 Å². The van der Waals surface area contributed by atoms with Crippen molar-refractivity contribution in [2.24, 2.45) is 0 Å². The number of carboxylic acids is 1. The Labute approximate surface area is 82.7 Å². The van der Waals surface area contributed by atoms with Gasteiger partial charge in [0, 0.05) is 12.2 Å². The summed E-state index contributed by atoms with van der Waals surface area (Å²) in [6.07, 6.45) is 1.82. The molecule has 14 heavy (non-hydrogen) atoms. The molecule has 0 unspecified atom stereocenters. The first-order valence-corrected chi connectivity index (χ1v) is 4.52. The Kier molecular flexibility index (Phi) is 3.11. The van der Waals surface area contributed by atoms with E-state index in [4.69, 9.17) is 5.11 Å². The maximum atomic E-state index is 10.3. The van der Waals surface area contributed by atoms with E-state index in [2.05, 4.69) is 10.4 Å². The zero-order valence-corrected chi connectivity index (χ0v) is 8.61. The summed E-state index contributed by atoms with van der Waals surface area (Å²) in [5, 5.41) is 15.5. The number of aromatic nitrogens is 2. The Morgan fingerprint density at radius 3 is 2.79 bits per heavy atom. The third-order valence-corrected chi connectivity index (χ3v) is 1.88. The van der Waals surface area contributed by atoms with Crippen molar-refractivity contribution in [3.8, 4) is 0 Å². The molecular formula is C9H15N3O2. The molecule has 0 spiro atoms. The van der Waals surface area contributed by atoms with Gasteiger partial charge in [0.15, 0.2) is 0 Å². The minimum Gasteiger partial charge on any atom is -0.480 e. The SMILES string of the molecule is Cc1nn(C(C)C)cc1NCC(=O)O. The summed E-state index contributed by atoms with van der Waals surface area (Å²) in [5.74, 6) is -0.873. The summed E-state index contributed by atoms with van der Waals surface area (Å²) in [7, 11) is 0. The van der Waals surface area contributed by atoms with Gasteiger partial charge in [0.1, 0.15) is 6.54 Å². The van der Waals surface area contributed by atoms with Crippen molar-refractivity contribution >= 4 is 11.7 Å². The largest absolute Gasteiger partial charge is 0.480 e. The van der Waals surface area contributed by atoms with Crippen molar-refractivity contribution in [2.75, 3.05) is 11.9 Å². The maximum Gasteiger partial charge on any atom is 0.322 e. The second kappa shape index (κ2) is 4.13. The minimum absolute atomic E-state index is 0.0787. The van der Waals surface area contributed by atoms with Crippen molar-refractivity contribution in [2.45, 2.75) is 26.8 Å². The highest BCUT2D eigenvalue weighted by molar-refractivity contribution is 5.72. The van der Waals surface area contributed by atoms with E-state index in [-0.39, 0.29) is 12.6 Å². The van der Waals surface area contributed by atoms with Crippen LogP contribution in [0.2, 0.25) is 0 Å². The van der Waals surface area contributed by atoms with E-state index >= 15 is 0 Å². The van der Waals surface area contributed by atoms with Gasteiger partial charge in [0.2, 0.25) is 0 Å². The smallest absolute Gasteiger partial charge is 0.322 e. The van der Waals surface area contributed by atoms with E-state index in [9.17, 15) is 4.79 Å². The van der Waals surface area contributed by atoms with Crippen LogP contribution in [-0.2, 0) is 4.79 Å². The number of carbonyl (C=O) groups is 1. The number of anilines is 1. The van der Waals surface area contributed by atoms with Gasteiger partial charge in [0.25, 0.3) is 0 Å². The third-order valence-electron chi connectivity index (χ3n) is 1.88. The zero-order valence-electron chi connectivity index (χ0n) is 8.61. The number of nitrogens with one attached hydrogen (secondary N) is 1. The number of hydrogen-bond donors (Lipinski definition) is 2. The van der Waals surface area contributed by atoms with Gasteiger partial charge in [-0.05, 0) is 20.8 Å². The van der Waals surface area contributed by atoms with Crippen LogP contribution in [0.25, 0.3) is 0 Å². The predicted molar refractivity (Wildman–Crippen MR) is 53.5 cm³/mol. The number of nitrogens with zero attached hydrogens (tertiary/aromatic N) is 2. The molecule has 0 atom stereocenters. The van der Waals surface area contributed by atoms with Crippen LogP contribution < -0.4 is 5.32 Å². The maximum absolute atomic E-state index is 10.3. The molecule has 0 saturated heterocycles. The molecule has 0 aliphatic heterocycles. The highest BCUT2D eigenvalue weighted by Crippen LogP contribution is 2.14. The second-order valence-corrected chi connectivity index (χ2v) is 3.45. The van der Waals surface area contributed by atoms with Gasteiger partial charge < -0.3 is 10.4 Å². The number of aryl methyl sites for hydroxylation is 1. The third kappa shape index (κ3) is 2.48. The summed E-state index contributed by atoms with van der Waals surface area (Å²) < 4.78 is 1.81. The molecule has 0 aliphatic rings. The molecule has 0 radical (unpaired) electrons. The van der Waals surface area contributed by atoms with Crippen LogP contribution in [0.4, 0.5) is 5.69 Å². The predicted octanol–water partition coefficient (Wildman–Crippen LogP) is 1.27. The standard InChI is InChI=1S/C9H15N3O2/c1-6(2)12-5-8(7(3)11-12)10-4-9(13)14/h5-6,10H,4H2,1-3H3,(H,13,14). The van der Waals surface area contributed by atoms with Crippen molar-refractivity contribution in [3.63, 3.8) is 0 Å². The van der Waals surface area contributed by atoms with Crippen molar-refractivity contribution in [1.29, 1.82) is 0 Å². The molecular weight excluding hydrogens is 182 g/mol. The molecule has 0 aliphatic carbocycles. The molecule has 0 fully saturated rings. The lowest BCUT2D eigenvalue weighted by atomic mass is 10.4. The molecule has 0 bridgehead atoms. The van der Waals surface area contributed by atoms with E-state index in [1.54, 1.807) is 4.68 Å². The monoisotopic (exact) mass is 197 g/mol. The van der Waals surface area contributed by atoms with Crippen LogP contribution in [0.1, 0.15) is 25.6 Å². The van der Waals surface area contributed by atoms with E-state index < -0.39 is 5.97 Å². The molecule has 5 heteroatoms. The van der Waals surface area contributed by atoms with Crippen molar-refractivity contribution < 1.29 is 9.90 Å². The Balaban J connectivity index is 2.72. The first-order chi connectivity index (χ1) is 6.50. The average Bonchev–Trinajstić information content (AvgIpc) is 2.43. The summed E-state index contributed by atoms with van der Waals surface area (Å²) in [6, 6.07) is 0.286. The van der Waals surface area contributed by atoms with Crippen LogP contribution >= 0.6 is 0 Å². The average molecular weight is 197 g/mol. The number of hydrogen-bond acceptors (Lipinski definition) is 3. The molecule has 78 valence electrons. The van der Waals surface area contributed by atoms with E-state index in [0.29, 0.717) is 0 Å². The molecule has 1 heterocycles. The van der Waals surface area contributed by atoms with Gasteiger partial charge in [-0.15, -0.1) is 0 Å². The fraction of sp³-hybridized carbons (Fsp3) is 0.556. The van der Waals surface area contributed by atoms with Crippen molar-refractivity contribution in [3.05, 3.63) is 11.9 Å². The highest BCUT2D eigenvalue weighted by atomic mass is 16.4. The van der Waals surface area contributed by atoms with E-state index in [1.807, 2.05) is 27.0 Å². The summed E-state index contributed by atoms with van der Waals surface area (Å²) in [4.78, 5) is 10.3. The summed E-state index contributed by atoms with van der Waals surface area (Å²) in [6.45, 7) is 5.81. The van der Waals surface area contributed by atoms with Crippen LogP contribution in [0.3, 0.4) is 0 Å². The first kappa shape index (κ1) is 10.6. The fourth-order valence-electron chi connectivity index (χ4n) is 1.09. The van der Waals surface area contributed by atoms with Gasteiger partial charge in [-0.2, -0.15) is 5.10 Å². The Morgan fingerprint density at radius 2 is 2.36 bits per heavy atom. The lowest BCUT2D eigenvalue weighted by Gasteiger charge is -2.03. The molecule has 0 aromatic carbocycles. The van der Waals surface area contributed by atoms with Crippen LogP contribution in [-0.4, -0.2) is 27.4 Å². The Hall–Kier alpha value is -1.52. The summed E-state index contributed by atoms with van der Waals surface area (Å²) in [5.41, 5.74) is 1.60. The van der Waals surface area contributed by atoms with Gasteiger partial charge >= 0.3 is 5.97 Å². The van der Waals surface area contributed by atoms with Crippen molar-refractivity contribution in [1.82, 2.24) is 9.78 Å². The van der Waals surface area contributed by atoms with Gasteiger partial charge in [0.05, 0.1) is 11.4 Å². The first-order valence-electron chi connectivity index (χ1n) is 4.52. The normalized spacial score (nSPS) is 10.6. The van der Waals surface area contributed by atoms with E-state index in [0.717, 1.165) is 11.4 Å². The molecule has 1 rings (SSSR count). The van der Waals surface area contributed by atoms with Gasteiger partial charge in [-0.1, -0.05) is 0 Å². The topological polar surface area (TPSA) is 67.2 Å². The fourth-order valence-corrected chi connectivity index (χ4v) is 1.09. The summed E-state index contributed by atoms with van der Waals surface area (Å²) >= 11 is 0.